The van der Waals surface area contributed by atoms with E-state index in [9.17, 15) is 18.0 Å². The first-order valence-corrected chi connectivity index (χ1v) is 11.7. The van der Waals surface area contributed by atoms with E-state index in [0.29, 0.717) is 37.4 Å². The minimum Gasteiger partial charge on any atom is -0.355 e. The first kappa shape index (κ1) is 26.8. The number of nitrogens with zero attached hydrogens (tertiary/aromatic N) is 3. The number of carbonyl (C=O) groups excluding carboxylic acids is 1. The summed E-state index contributed by atoms with van der Waals surface area (Å²) >= 11 is 5.70. The van der Waals surface area contributed by atoms with Gasteiger partial charge in [0.05, 0.1) is 4.88 Å². The highest BCUT2D eigenvalue weighted by atomic mass is 32.1. The largest absolute Gasteiger partial charge is 0.433 e. The Morgan fingerprint density at radius 1 is 1.33 bits per heavy atom. The highest BCUT2D eigenvalue weighted by Gasteiger charge is 2.32. The first-order chi connectivity index (χ1) is 15.8. The first-order valence-electron chi connectivity index (χ1n) is 10.3. The van der Waals surface area contributed by atoms with Gasteiger partial charge in [-0.1, -0.05) is 13.0 Å². The van der Waals surface area contributed by atoms with Crippen LogP contribution in [0.4, 0.5) is 19.1 Å². The number of alkyl halides is 3. The van der Waals surface area contributed by atoms with Gasteiger partial charge in [-0.05, 0) is 43.2 Å². The topological polar surface area (TPSA) is 91.8 Å². The van der Waals surface area contributed by atoms with Gasteiger partial charge in [-0.3, -0.25) is 4.79 Å². The molecule has 0 spiro atoms. The number of hydrogen-bond acceptors (Lipinski definition) is 8. The smallest absolute Gasteiger partial charge is 0.355 e. The number of rotatable bonds is 13. The number of allylic oxidation sites excluding steroid dienone is 3. The molecule has 1 amide bonds. The predicted molar refractivity (Wildman–Crippen MR) is 128 cm³/mol. The number of hydrogen-bond donors (Lipinski definition) is 4. The molecular formula is C21H27F3N6OS2. The average molecular weight is 501 g/mol. The van der Waals surface area contributed by atoms with E-state index in [-0.39, 0.29) is 12.0 Å². The van der Waals surface area contributed by atoms with Gasteiger partial charge >= 0.3 is 6.18 Å². The fourth-order valence-corrected chi connectivity index (χ4v) is 3.97. The molecule has 2 rings (SSSR count). The van der Waals surface area contributed by atoms with E-state index in [1.807, 2.05) is 26.0 Å². The molecule has 0 aliphatic rings. The van der Waals surface area contributed by atoms with Crippen molar-refractivity contribution in [3.63, 3.8) is 0 Å². The number of thiazole rings is 1. The quantitative estimate of drug-likeness (QED) is 0.186. The zero-order valence-corrected chi connectivity index (χ0v) is 20.0. The third-order valence-corrected chi connectivity index (χ3v) is 5.78. The molecule has 0 fully saturated rings. The number of amides is 1. The van der Waals surface area contributed by atoms with Crippen LogP contribution in [-0.2, 0) is 17.5 Å². The molecule has 0 saturated carbocycles. The molecule has 0 bridgehead atoms. The summed E-state index contributed by atoms with van der Waals surface area (Å²) in [5.74, 6) is 0.550. The second-order valence-corrected chi connectivity index (χ2v) is 8.59. The van der Waals surface area contributed by atoms with Crippen molar-refractivity contribution in [2.24, 2.45) is 0 Å². The maximum atomic E-state index is 12.9. The van der Waals surface area contributed by atoms with Gasteiger partial charge in [0.25, 0.3) is 0 Å². The third-order valence-electron chi connectivity index (χ3n) is 4.39. The number of anilines is 1. The summed E-state index contributed by atoms with van der Waals surface area (Å²) in [5.41, 5.74) is 0.488. The minimum atomic E-state index is -4.54. The monoisotopic (exact) mass is 500 g/mol. The van der Waals surface area contributed by atoms with Gasteiger partial charge < -0.3 is 16.0 Å². The van der Waals surface area contributed by atoms with E-state index >= 15 is 0 Å². The van der Waals surface area contributed by atoms with E-state index in [0.717, 1.165) is 34.1 Å². The Kier molecular flexibility index (Phi) is 10.8. The lowest BCUT2D eigenvalue weighted by Gasteiger charge is -2.14. The molecule has 2 heterocycles. The molecule has 1 atom stereocenters. The number of nitrogens with one attached hydrogen (secondary N) is 3. The van der Waals surface area contributed by atoms with E-state index in [4.69, 9.17) is 0 Å². The Morgan fingerprint density at radius 3 is 2.79 bits per heavy atom. The Morgan fingerprint density at radius 2 is 2.12 bits per heavy atom. The van der Waals surface area contributed by atoms with E-state index in [1.165, 1.54) is 11.3 Å². The molecule has 180 valence electrons. The summed E-state index contributed by atoms with van der Waals surface area (Å²) in [6.45, 7) is 4.98. The molecular weight excluding hydrogens is 473 g/mol. The zero-order chi connectivity index (χ0) is 24.3. The fraction of sp³-hybridized carbons (Fsp3) is 0.429. The van der Waals surface area contributed by atoms with E-state index in [1.54, 1.807) is 6.20 Å². The van der Waals surface area contributed by atoms with Crippen molar-refractivity contribution in [2.75, 3.05) is 17.6 Å². The Bertz CT molecular complexity index is 961. The third kappa shape index (κ3) is 9.14. The summed E-state index contributed by atoms with van der Waals surface area (Å²) in [4.78, 5) is 23.5. The van der Waals surface area contributed by atoms with Gasteiger partial charge in [-0.25, -0.2) is 15.0 Å². The molecule has 0 aromatic carbocycles. The van der Waals surface area contributed by atoms with Crippen LogP contribution in [0.25, 0.3) is 5.57 Å². The van der Waals surface area contributed by atoms with Gasteiger partial charge in [0, 0.05) is 37.2 Å². The molecule has 0 aliphatic heterocycles. The lowest BCUT2D eigenvalue weighted by atomic mass is 10.2. The van der Waals surface area contributed by atoms with Crippen LogP contribution in [0, 0.1) is 0 Å². The second-order valence-electron chi connectivity index (χ2n) is 7.03. The molecule has 2 aromatic heterocycles. The molecule has 12 heteroatoms. The lowest BCUT2D eigenvalue weighted by molar-refractivity contribution is -0.141. The number of thiol groups is 1. The van der Waals surface area contributed by atoms with Gasteiger partial charge in [0.2, 0.25) is 12.4 Å². The summed E-state index contributed by atoms with van der Waals surface area (Å²) < 4.78 is 38.8. The van der Waals surface area contributed by atoms with Crippen molar-refractivity contribution in [3.05, 3.63) is 51.9 Å². The van der Waals surface area contributed by atoms with Crippen LogP contribution in [0.1, 0.15) is 42.3 Å². The van der Waals surface area contributed by atoms with E-state index < -0.39 is 11.9 Å². The predicted octanol–water partition coefficient (Wildman–Crippen LogP) is 4.29. The van der Waals surface area contributed by atoms with Crippen molar-refractivity contribution in [2.45, 2.75) is 45.5 Å². The van der Waals surface area contributed by atoms with Gasteiger partial charge in [-0.2, -0.15) is 25.8 Å². The summed E-state index contributed by atoms with van der Waals surface area (Å²) in [6.07, 6.45) is 4.08. The van der Waals surface area contributed by atoms with Crippen LogP contribution in [-0.4, -0.2) is 39.7 Å². The standard InChI is InChI=1S/C21H27F3N6OS2/c1-3-4-15(29-20-26-7-5-18(30-20)21(22,23)24)9-14(2)17-11-27-19(33-17)12-25-10-16(6-8-32)28-13-31/h4-5,7,9,11,13,16,25,32H,3,6,8,10,12H2,1-2H3,(H,28,31)(H,26,29,30)/b14-9+,15-4+. The molecule has 1 unspecified atom stereocenters. The minimum absolute atomic E-state index is 0.00643. The van der Waals surface area contributed by atoms with Gasteiger partial charge in [-0.15, -0.1) is 11.3 Å². The van der Waals surface area contributed by atoms with Crippen molar-refractivity contribution < 1.29 is 18.0 Å². The van der Waals surface area contributed by atoms with Gasteiger partial charge in [0.15, 0.2) is 0 Å². The molecule has 33 heavy (non-hydrogen) atoms. The van der Waals surface area contributed by atoms with Crippen LogP contribution in [0.5, 0.6) is 0 Å². The summed E-state index contributed by atoms with van der Waals surface area (Å²) in [5, 5.41) is 9.77. The maximum absolute atomic E-state index is 12.9. The number of carbonyl (C=O) groups is 1. The fourth-order valence-electron chi connectivity index (χ4n) is 2.80. The van der Waals surface area contributed by atoms with Crippen LogP contribution >= 0.6 is 24.0 Å². The lowest BCUT2D eigenvalue weighted by Crippen LogP contribution is -2.38. The van der Waals surface area contributed by atoms with Crippen LogP contribution in [0.15, 0.2) is 36.3 Å². The molecule has 0 saturated heterocycles. The SMILES string of the molecule is CC/C=C(\C=C(/C)c1cnc(CNCC(CCS)NC=O)s1)Nc1nccc(C(F)(F)F)n1. The zero-order valence-electron chi connectivity index (χ0n) is 18.3. The summed E-state index contributed by atoms with van der Waals surface area (Å²) in [6, 6.07) is 0.838. The molecule has 7 nitrogen and oxygen atoms in total. The Balaban J connectivity index is 2.04. The molecule has 2 aromatic rings. The van der Waals surface area contributed by atoms with Crippen molar-refractivity contribution in [3.8, 4) is 0 Å². The maximum Gasteiger partial charge on any atom is 0.433 e. The van der Waals surface area contributed by atoms with Crippen molar-refractivity contribution >= 4 is 41.9 Å². The molecule has 0 aliphatic carbocycles. The highest BCUT2D eigenvalue weighted by molar-refractivity contribution is 7.80. The Hall–Kier alpha value is -2.44. The van der Waals surface area contributed by atoms with Crippen LogP contribution in [0.2, 0.25) is 0 Å². The van der Waals surface area contributed by atoms with Crippen LogP contribution < -0.4 is 16.0 Å². The average Bonchev–Trinajstić information content (AvgIpc) is 3.23. The molecule has 3 N–H and O–H groups in total. The van der Waals surface area contributed by atoms with Crippen molar-refractivity contribution in [1.82, 2.24) is 25.6 Å². The summed E-state index contributed by atoms with van der Waals surface area (Å²) in [7, 11) is 0. The van der Waals surface area contributed by atoms with E-state index in [2.05, 4.69) is 43.5 Å². The normalized spacial score (nSPS) is 13.6. The Labute approximate surface area is 200 Å². The highest BCUT2D eigenvalue weighted by Crippen LogP contribution is 2.28. The molecule has 0 radical (unpaired) electrons. The number of halogens is 3. The van der Waals surface area contributed by atoms with Crippen LogP contribution in [0.3, 0.4) is 0 Å². The second kappa shape index (κ2) is 13.3. The van der Waals surface area contributed by atoms with Crippen molar-refractivity contribution in [1.29, 1.82) is 0 Å². The number of aromatic nitrogens is 3. The van der Waals surface area contributed by atoms with Gasteiger partial charge in [0.1, 0.15) is 10.7 Å².